The lowest BCUT2D eigenvalue weighted by Crippen LogP contribution is -2.51. The van der Waals surface area contributed by atoms with E-state index in [0.717, 1.165) is 0 Å². The Hall–Kier alpha value is -5.16. The molecule has 2 aromatic heterocycles. The summed E-state index contributed by atoms with van der Waals surface area (Å²) in [5.41, 5.74) is 1.77. The standard InChI is InChI=1S/C33H28F2N4O5/c1-17-13-26(43-3)24(32(42)39(20-14-21(40)15-20)33-37-11-4-12-38-33)16-23(17)22-9-10-25-27(29(22)35)28(31(41)36-2)30(44-25)18-5-7-19(34)8-6-18/h4-13,16,20-21,40H,14-15H2,1-3H3,(H,36,41). The molecule has 2 amide bonds. The Bertz CT molecular complexity index is 1890. The first-order chi connectivity index (χ1) is 21.2. The number of aliphatic hydroxyl groups excluding tert-OH is 1. The summed E-state index contributed by atoms with van der Waals surface area (Å²) >= 11 is 0. The van der Waals surface area contributed by atoms with Crippen LogP contribution in [0.25, 0.3) is 33.4 Å². The molecule has 1 fully saturated rings. The highest BCUT2D eigenvalue weighted by Gasteiger charge is 2.39. The molecule has 0 spiro atoms. The van der Waals surface area contributed by atoms with Gasteiger partial charge in [0.1, 0.15) is 28.7 Å². The molecule has 0 radical (unpaired) electrons. The summed E-state index contributed by atoms with van der Waals surface area (Å²) in [5.74, 6) is -1.71. The van der Waals surface area contributed by atoms with E-state index in [-0.39, 0.29) is 51.2 Å². The van der Waals surface area contributed by atoms with Crippen molar-refractivity contribution in [3.8, 4) is 28.2 Å². The number of aryl methyl sites for hydroxylation is 1. The van der Waals surface area contributed by atoms with Crippen LogP contribution < -0.4 is 15.0 Å². The van der Waals surface area contributed by atoms with Gasteiger partial charge in [0.25, 0.3) is 11.8 Å². The van der Waals surface area contributed by atoms with Crippen LogP contribution in [-0.2, 0) is 0 Å². The Kier molecular flexibility index (Phi) is 7.56. The Morgan fingerprint density at radius 2 is 1.75 bits per heavy atom. The van der Waals surface area contributed by atoms with Crippen molar-refractivity contribution in [3.63, 3.8) is 0 Å². The molecule has 0 bridgehead atoms. The Labute approximate surface area is 251 Å². The quantitative estimate of drug-likeness (QED) is 0.248. The van der Waals surface area contributed by atoms with Crippen LogP contribution in [0.1, 0.15) is 39.1 Å². The van der Waals surface area contributed by atoms with E-state index in [1.54, 1.807) is 31.2 Å². The van der Waals surface area contributed by atoms with Crippen LogP contribution in [0.2, 0.25) is 0 Å². The van der Waals surface area contributed by atoms with E-state index in [9.17, 15) is 19.1 Å². The van der Waals surface area contributed by atoms with Crippen molar-refractivity contribution >= 4 is 28.7 Å². The highest BCUT2D eigenvalue weighted by Crippen LogP contribution is 2.41. The maximum atomic E-state index is 16.6. The van der Waals surface area contributed by atoms with Gasteiger partial charge in [-0.3, -0.25) is 14.5 Å². The summed E-state index contributed by atoms with van der Waals surface area (Å²) < 4.78 is 41.7. The number of rotatable bonds is 7. The molecule has 1 saturated carbocycles. The van der Waals surface area contributed by atoms with Crippen LogP contribution in [0.3, 0.4) is 0 Å². The third-order valence-corrected chi connectivity index (χ3v) is 7.86. The highest BCUT2D eigenvalue weighted by molar-refractivity contribution is 6.12. The van der Waals surface area contributed by atoms with E-state index in [1.165, 1.54) is 61.8 Å². The van der Waals surface area contributed by atoms with Gasteiger partial charge in [0.05, 0.1) is 29.7 Å². The highest BCUT2D eigenvalue weighted by atomic mass is 19.1. The number of carbonyl (C=O) groups excluding carboxylic acids is 2. The van der Waals surface area contributed by atoms with Gasteiger partial charge in [0.15, 0.2) is 0 Å². The molecular weight excluding hydrogens is 570 g/mol. The third kappa shape index (κ3) is 4.94. The molecule has 2 N–H and O–H groups in total. The number of anilines is 1. The molecule has 44 heavy (non-hydrogen) atoms. The number of hydrogen-bond donors (Lipinski definition) is 2. The smallest absolute Gasteiger partial charge is 0.264 e. The molecule has 9 nitrogen and oxygen atoms in total. The number of halogens is 2. The fraction of sp³-hybridized carbons (Fsp3) is 0.212. The molecule has 3 aromatic carbocycles. The summed E-state index contributed by atoms with van der Waals surface area (Å²) in [6.45, 7) is 1.76. The number of furan rings is 1. The topological polar surface area (TPSA) is 118 Å². The van der Waals surface area contributed by atoms with Gasteiger partial charge in [-0.15, -0.1) is 0 Å². The lowest BCUT2D eigenvalue weighted by Gasteiger charge is -2.39. The molecule has 0 atom stereocenters. The predicted octanol–water partition coefficient (Wildman–Crippen LogP) is 5.68. The van der Waals surface area contributed by atoms with E-state index in [1.807, 2.05) is 0 Å². The van der Waals surface area contributed by atoms with Gasteiger partial charge >= 0.3 is 0 Å². The number of nitrogens with zero attached hydrogens (tertiary/aromatic N) is 3. The molecule has 1 aliphatic carbocycles. The minimum absolute atomic E-state index is 0.0353. The Morgan fingerprint density at radius 3 is 2.39 bits per heavy atom. The second kappa shape index (κ2) is 11.5. The number of nitrogens with one attached hydrogen (secondary N) is 1. The lowest BCUT2D eigenvalue weighted by molar-refractivity contribution is 0.0661. The van der Waals surface area contributed by atoms with Gasteiger partial charge in [0.2, 0.25) is 5.95 Å². The molecule has 1 aliphatic rings. The average Bonchev–Trinajstić information content (AvgIpc) is 3.41. The third-order valence-electron chi connectivity index (χ3n) is 7.86. The predicted molar refractivity (Wildman–Crippen MR) is 160 cm³/mol. The number of ether oxygens (including phenoxy) is 1. The number of carbonyl (C=O) groups is 2. The molecule has 11 heteroatoms. The summed E-state index contributed by atoms with van der Waals surface area (Å²) in [6, 6.07) is 12.9. The van der Waals surface area contributed by atoms with Crippen LogP contribution in [-0.4, -0.2) is 53.2 Å². The Balaban J connectivity index is 1.51. The molecule has 224 valence electrons. The average molecular weight is 599 g/mol. The number of fused-ring (bicyclic) bond motifs is 1. The monoisotopic (exact) mass is 598 g/mol. The van der Waals surface area contributed by atoms with Crippen LogP contribution in [0, 0.1) is 18.6 Å². The molecule has 6 rings (SSSR count). The van der Waals surface area contributed by atoms with Crippen molar-refractivity contribution in [2.75, 3.05) is 19.1 Å². The van der Waals surface area contributed by atoms with Crippen LogP contribution in [0.4, 0.5) is 14.7 Å². The second-order valence-electron chi connectivity index (χ2n) is 10.6. The lowest BCUT2D eigenvalue weighted by atomic mass is 9.87. The van der Waals surface area contributed by atoms with Gasteiger partial charge in [0, 0.05) is 36.6 Å². The molecule has 2 heterocycles. The molecule has 0 aliphatic heterocycles. The van der Waals surface area contributed by atoms with Crippen molar-refractivity contribution < 1.29 is 32.6 Å². The van der Waals surface area contributed by atoms with E-state index < -0.39 is 29.6 Å². The largest absolute Gasteiger partial charge is 0.496 e. The molecule has 0 unspecified atom stereocenters. The summed E-state index contributed by atoms with van der Waals surface area (Å²) in [6.07, 6.45) is 3.22. The first-order valence-electron chi connectivity index (χ1n) is 13.9. The number of aliphatic hydroxyl groups is 1. The Morgan fingerprint density at radius 1 is 1.05 bits per heavy atom. The maximum Gasteiger partial charge on any atom is 0.264 e. The molecule has 0 saturated heterocycles. The number of amides is 2. The summed E-state index contributed by atoms with van der Waals surface area (Å²) in [4.78, 5) is 37.1. The van der Waals surface area contributed by atoms with E-state index in [2.05, 4.69) is 15.3 Å². The zero-order chi connectivity index (χ0) is 31.1. The van der Waals surface area contributed by atoms with Crippen LogP contribution >= 0.6 is 0 Å². The summed E-state index contributed by atoms with van der Waals surface area (Å²) in [5, 5.41) is 12.5. The van der Waals surface area contributed by atoms with Gasteiger partial charge in [-0.25, -0.2) is 18.7 Å². The fourth-order valence-corrected chi connectivity index (χ4v) is 5.55. The minimum atomic E-state index is -0.727. The van der Waals surface area contributed by atoms with Gasteiger partial charge < -0.3 is 19.6 Å². The van der Waals surface area contributed by atoms with Crippen LogP contribution in [0.5, 0.6) is 5.75 Å². The van der Waals surface area contributed by atoms with Crippen molar-refractivity contribution in [3.05, 3.63) is 95.3 Å². The van der Waals surface area contributed by atoms with Crippen molar-refractivity contribution in [1.29, 1.82) is 0 Å². The second-order valence-corrected chi connectivity index (χ2v) is 10.6. The molecule has 5 aromatic rings. The van der Waals surface area contributed by atoms with Crippen LogP contribution in [0.15, 0.2) is 71.4 Å². The number of aromatic nitrogens is 2. The fourth-order valence-electron chi connectivity index (χ4n) is 5.55. The minimum Gasteiger partial charge on any atom is -0.496 e. The number of methoxy groups -OCH3 is 1. The summed E-state index contributed by atoms with van der Waals surface area (Å²) in [7, 11) is 2.86. The van der Waals surface area contributed by atoms with Gasteiger partial charge in [-0.05, 0) is 85.5 Å². The number of benzene rings is 3. The van der Waals surface area contributed by atoms with E-state index in [0.29, 0.717) is 29.5 Å². The SMILES string of the molecule is CNC(=O)c1c(-c2ccc(F)cc2)oc2ccc(-c3cc(C(=O)N(c4ncccn4)C4CC(O)C4)c(OC)cc3C)c(F)c12. The van der Waals surface area contributed by atoms with Gasteiger partial charge in [-0.2, -0.15) is 0 Å². The van der Waals surface area contributed by atoms with Crippen molar-refractivity contribution in [1.82, 2.24) is 15.3 Å². The van der Waals surface area contributed by atoms with Crippen molar-refractivity contribution in [2.45, 2.75) is 31.9 Å². The first kappa shape index (κ1) is 28.9. The number of hydrogen-bond acceptors (Lipinski definition) is 7. The maximum absolute atomic E-state index is 16.6. The molecular formula is C33H28F2N4O5. The zero-order valence-corrected chi connectivity index (χ0v) is 24.1. The van der Waals surface area contributed by atoms with E-state index in [4.69, 9.17) is 9.15 Å². The first-order valence-corrected chi connectivity index (χ1v) is 13.9. The zero-order valence-electron chi connectivity index (χ0n) is 24.1. The van der Waals surface area contributed by atoms with Crippen molar-refractivity contribution in [2.24, 2.45) is 0 Å². The van der Waals surface area contributed by atoms with E-state index >= 15 is 4.39 Å². The normalized spacial score (nSPS) is 16.0. The van der Waals surface area contributed by atoms with Gasteiger partial charge in [-0.1, -0.05) is 0 Å².